The third-order valence-corrected chi connectivity index (χ3v) is 6.23. The number of aromatic carboxylic acids is 1. The van der Waals surface area contributed by atoms with Gasteiger partial charge in [-0.3, -0.25) is 4.90 Å². The van der Waals surface area contributed by atoms with Crippen LogP contribution in [0.25, 0.3) is 11.1 Å². The maximum absolute atomic E-state index is 12.3. The van der Waals surface area contributed by atoms with Gasteiger partial charge in [0.05, 0.1) is 35.7 Å². The quantitative estimate of drug-likeness (QED) is 0.466. The highest BCUT2D eigenvalue weighted by molar-refractivity contribution is 6.34. The third-order valence-electron chi connectivity index (χ3n) is 5.93. The van der Waals surface area contributed by atoms with Crippen LogP contribution in [0.1, 0.15) is 33.8 Å². The number of aryl methyl sites for hydroxylation is 2. The summed E-state index contributed by atoms with van der Waals surface area (Å²) in [7, 11) is 1.55. The number of benzene rings is 2. The van der Waals surface area contributed by atoms with Crippen molar-refractivity contribution in [3.8, 4) is 16.9 Å². The molecular weight excluding hydrogens is 458 g/mol. The SMILES string of the molecule is COc1cc(-c2c(C)noc2C)cc(Cl)c1Nc1cccc(CN2CCCOCC2)c1C(=O)O. The molecule has 2 heterocycles. The van der Waals surface area contributed by atoms with Gasteiger partial charge in [0, 0.05) is 31.8 Å². The van der Waals surface area contributed by atoms with Crippen molar-refractivity contribution in [2.24, 2.45) is 0 Å². The van der Waals surface area contributed by atoms with Crippen LogP contribution in [0.2, 0.25) is 5.02 Å². The fourth-order valence-corrected chi connectivity index (χ4v) is 4.58. The topological polar surface area (TPSA) is 97.1 Å². The molecule has 0 atom stereocenters. The summed E-state index contributed by atoms with van der Waals surface area (Å²) in [6.45, 7) is 7.22. The number of carbonyl (C=O) groups is 1. The molecule has 1 aromatic heterocycles. The van der Waals surface area contributed by atoms with Gasteiger partial charge in [-0.2, -0.15) is 0 Å². The monoisotopic (exact) mass is 485 g/mol. The molecule has 0 bridgehead atoms. The molecule has 0 aliphatic carbocycles. The van der Waals surface area contributed by atoms with Crippen molar-refractivity contribution in [3.63, 3.8) is 0 Å². The Morgan fingerprint density at radius 2 is 2.09 bits per heavy atom. The molecule has 1 fully saturated rings. The van der Waals surface area contributed by atoms with Gasteiger partial charge in [-0.15, -0.1) is 0 Å². The van der Waals surface area contributed by atoms with Crippen LogP contribution in [0.4, 0.5) is 11.4 Å². The lowest BCUT2D eigenvalue weighted by Crippen LogP contribution is -2.27. The maximum atomic E-state index is 12.3. The van der Waals surface area contributed by atoms with E-state index < -0.39 is 5.97 Å². The Hall–Kier alpha value is -3.07. The standard InChI is InChI=1S/C25H28ClN3O5/c1-15-22(16(2)34-28-15)18-12-19(26)24(21(13-18)32-3)27-20-7-4-6-17(23(20)25(30)31)14-29-8-5-10-33-11-9-29/h4,6-7,12-13,27H,5,8-11,14H2,1-3H3,(H,30,31). The average Bonchev–Trinajstić information content (AvgIpc) is 2.98. The Bertz CT molecular complexity index is 1170. The molecule has 4 rings (SSSR count). The van der Waals surface area contributed by atoms with Crippen LogP contribution in [0.15, 0.2) is 34.9 Å². The first kappa shape index (κ1) is 24.1. The Morgan fingerprint density at radius 3 is 2.79 bits per heavy atom. The molecule has 0 spiro atoms. The van der Waals surface area contributed by atoms with E-state index in [9.17, 15) is 9.90 Å². The zero-order valence-electron chi connectivity index (χ0n) is 19.5. The molecule has 2 N–H and O–H groups in total. The summed E-state index contributed by atoms with van der Waals surface area (Å²) in [6.07, 6.45) is 0.921. The molecule has 0 amide bonds. The van der Waals surface area contributed by atoms with Gasteiger partial charge in [0.1, 0.15) is 17.2 Å². The minimum Gasteiger partial charge on any atom is -0.494 e. The van der Waals surface area contributed by atoms with Crippen molar-refractivity contribution in [3.05, 3.63) is 57.9 Å². The van der Waals surface area contributed by atoms with E-state index in [4.69, 9.17) is 25.6 Å². The lowest BCUT2D eigenvalue weighted by molar-refractivity contribution is 0.0695. The van der Waals surface area contributed by atoms with E-state index in [1.54, 1.807) is 19.2 Å². The van der Waals surface area contributed by atoms with Crippen molar-refractivity contribution in [1.29, 1.82) is 0 Å². The summed E-state index contributed by atoms with van der Waals surface area (Å²) in [6, 6.07) is 9.05. The van der Waals surface area contributed by atoms with Gasteiger partial charge in [-0.05, 0) is 49.6 Å². The molecular formula is C25H28ClN3O5. The van der Waals surface area contributed by atoms with Crippen molar-refractivity contribution in [2.75, 3.05) is 38.7 Å². The average molecular weight is 486 g/mol. The Kier molecular flexibility index (Phi) is 7.41. The van der Waals surface area contributed by atoms with E-state index in [1.807, 2.05) is 32.0 Å². The normalized spacial score (nSPS) is 14.6. The van der Waals surface area contributed by atoms with E-state index in [1.165, 1.54) is 0 Å². The number of halogens is 1. The molecule has 180 valence electrons. The fourth-order valence-electron chi connectivity index (χ4n) is 4.32. The molecule has 9 heteroatoms. The lowest BCUT2D eigenvalue weighted by atomic mass is 10.0. The molecule has 1 aliphatic heterocycles. The number of ether oxygens (including phenoxy) is 2. The first-order chi connectivity index (χ1) is 16.4. The van der Waals surface area contributed by atoms with E-state index in [-0.39, 0.29) is 5.56 Å². The molecule has 1 saturated heterocycles. The van der Waals surface area contributed by atoms with E-state index >= 15 is 0 Å². The Morgan fingerprint density at radius 1 is 1.26 bits per heavy atom. The summed E-state index contributed by atoms with van der Waals surface area (Å²) in [5.74, 6) is 0.150. The van der Waals surface area contributed by atoms with Gasteiger partial charge in [0.25, 0.3) is 0 Å². The minimum atomic E-state index is -1.01. The summed E-state index contributed by atoms with van der Waals surface area (Å²) in [5, 5.41) is 17.7. The van der Waals surface area contributed by atoms with Crippen LogP contribution in [-0.4, -0.2) is 54.5 Å². The van der Waals surface area contributed by atoms with Crippen LogP contribution in [-0.2, 0) is 11.3 Å². The second-order valence-corrected chi connectivity index (χ2v) is 8.65. The summed E-state index contributed by atoms with van der Waals surface area (Å²) in [5.41, 5.74) is 4.27. The second kappa shape index (κ2) is 10.5. The molecule has 1 aliphatic rings. The molecule has 2 aromatic carbocycles. The Balaban J connectivity index is 1.70. The number of aromatic nitrogens is 1. The van der Waals surface area contributed by atoms with Crippen molar-refractivity contribution >= 4 is 28.9 Å². The van der Waals surface area contributed by atoms with Gasteiger partial charge in [-0.1, -0.05) is 28.9 Å². The smallest absolute Gasteiger partial charge is 0.338 e. The highest BCUT2D eigenvalue weighted by atomic mass is 35.5. The summed E-state index contributed by atoms with van der Waals surface area (Å²) < 4.78 is 16.4. The fraction of sp³-hybridized carbons (Fsp3) is 0.360. The number of rotatable bonds is 7. The summed E-state index contributed by atoms with van der Waals surface area (Å²) in [4.78, 5) is 14.5. The number of anilines is 2. The van der Waals surface area contributed by atoms with E-state index in [0.717, 1.165) is 48.5 Å². The first-order valence-electron chi connectivity index (χ1n) is 11.1. The number of nitrogens with zero attached hydrogens (tertiary/aromatic N) is 2. The molecule has 8 nitrogen and oxygen atoms in total. The van der Waals surface area contributed by atoms with Crippen LogP contribution in [0, 0.1) is 13.8 Å². The van der Waals surface area contributed by atoms with Gasteiger partial charge >= 0.3 is 5.97 Å². The molecule has 0 radical (unpaired) electrons. The maximum Gasteiger partial charge on any atom is 0.338 e. The van der Waals surface area contributed by atoms with Crippen LogP contribution < -0.4 is 10.1 Å². The molecule has 0 saturated carbocycles. The number of hydrogen-bond acceptors (Lipinski definition) is 7. The van der Waals surface area contributed by atoms with Gasteiger partial charge in [0.2, 0.25) is 0 Å². The zero-order valence-corrected chi connectivity index (χ0v) is 20.2. The van der Waals surface area contributed by atoms with Crippen LogP contribution >= 0.6 is 11.6 Å². The number of nitrogens with one attached hydrogen (secondary N) is 1. The highest BCUT2D eigenvalue weighted by Gasteiger charge is 2.22. The zero-order chi connectivity index (χ0) is 24.2. The third kappa shape index (κ3) is 5.04. The molecule has 34 heavy (non-hydrogen) atoms. The van der Waals surface area contributed by atoms with Crippen molar-refractivity contribution in [2.45, 2.75) is 26.8 Å². The molecule has 0 unspecified atom stereocenters. The van der Waals surface area contributed by atoms with Crippen LogP contribution in [0.5, 0.6) is 5.75 Å². The van der Waals surface area contributed by atoms with Gasteiger partial charge in [0.15, 0.2) is 0 Å². The van der Waals surface area contributed by atoms with E-state index in [0.29, 0.717) is 41.1 Å². The number of hydrogen-bond donors (Lipinski definition) is 2. The van der Waals surface area contributed by atoms with Crippen molar-refractivity contribution in [1.82, 2.24) is 10.1 Å². The number of methoxy groups -OCH3 is 1. The largest absolute Gasteiger partial charge is 0.494 e. The predicted octanol–water partition coefficient (Wildman–Crippen LogP) is 5.28. The summed E-state index contributed by atoms with van der Waals surface area (Å²) >= 11 is 6.67. The highest BCUT2D eigenvalue weighted by Crippen LogP contribution is 2.41. The number of carboxylic acids is 1. The van der Waals surface area contributed by atoms with Crippen molar-refractivity contribution < 1.29 is 23.9 Å². The lowest BCUT2D eigenvalue weighted by Gasteiger charge is -2.22. The second-order valence-electron chi connectivity index (χ2n) is 8.25. The predicted molar refractivity (Wildman–Crippen MR) is 130 cm³/mol. The van der Waals surface area contributed by atoms with Gasteiger partial charge in [-0.25, -0.2) is 4.79 Å². The molecule has 3 aromatic rings. The first-order valence-corrected chi connectivity index (χ1v) is 11.5. The van der Waals surface area contributed by atoms with E-state index in [2.05, 4.69) is 15.4 Å². The minimum absolute atomic E-state index is 0.209. The Labute approximate surface area is 203 Å². The number of carboxylic acid groups (broad SMARTS) is 1. The van der Waals surface area contributed by atoms with Crippen LogP contribution in [0.3, 0.4) is 0 Å². The van der Waals surface area contributed by atoms with Gasteiger partial charge < -0.3 is 24.4 Å².